The summed E-state index contributed by atoms with van der Waals surface area (Å²) in [7, 11) is 0. The smallest absolute Gasteiger partial charge is 0.269 e. The number of Topliss-reactive ketones (excluding diaryl/α,β-unsaturated/α-hetero) is 1. The fourth-order valence-electron chi connectivity index (χ4n) is 4.68. The largest absolute Gasteiger partial charge is 0.328 e. The number of anilines is 1. The van der Waals surface area contributed by atoms with Gasteiger partial charge in [0.1, 0.15) is 6.04 Å². The van der Waals surface area contributed by atoms with E-state index in [1.54, 1.807) is 10.7 Å². The highest BCUT2D eigenvalue weighted by Gasteiger charge is 2.42. The summed E-state index contributed by atoms with van der Waals surface area (Å²) in [5.74, 6) is 1.30. The zero-order chi connectivity index (χ0) is 24.0. The van der Waals surface area contributed by atoms with Crippen LogP contribution in [0.1, 0.15) is 49.4 Å². The third kappa shape index (κ3) is 4.11. The van der Waals surface area contributed by atoms with Crippen molar-refractivity contribution in [1.29, 1.82) is 0 Å². The molecule has 0 unspecified atom stereocenters. The van der Waals surface area contributed by atoms with Gasteiger partial charge in [0, 0.05) is 35.6 Å². The summed E-state index contributed by atoms with van der Waals surface area (Å²) in [6.45, 7) is 6.22. The van der Waals surface area contributed by atoms with E-state index in [0.29, 0.717) is 35.1 Å². The Hall–Kier alpha value is -3.46. The fourth-order valence-corrected chi connectivity index (χ4v) is 5.59. The molecule has 1 atom stereocenters. The molecule has 1 aliphatic heterocycles. The Balaban J connectivity index is 1.56. The molecule has 2 aliphatic rings. The number of nitro groups is 1. The van der Waals surface area contributed by atoms with Crippen molar-refractivity contribution in [2.45, 2.75) is 50.6 Å². The molecule has 0 amide bonds. The van der Waals surface area contributed by atoms with Gasteiger partial charge in [0.15, 0.2) is 5.78 Å². The Bertz CT molecular complexity index is 1340. The standard InChI is InChI=1S/C25H25N5O3S/c1-15-7-4-5-8-17(15)14-34-24-27-23-26-19-12-25(2,3)13-20(31)21(19)22(29(23)28-24)16-9-6-10-18(11-16)30(32)33/h4-11,22H,12-14H2,1-3H3,(H,26,27,28)/t22-/m1/s1. The van der Waals surface area contributed by atoms with Crippen LogP contribution in [0.2, 0.25) is 0 Å². The van der Waals surface area contributed by atoms with Gasteiger partial charge in [0.05, 0.1) is 4.92 Å². The molecule has 1 aliphatic carbocycles. The molecule has 5 rings (SSSR count). The van der Waals surface area contributed by atoms with Crippen molar-refractivity contribution in [3.05, 3.63) is 86.6 Å². The molecule has 0 saturated heterocycles. The molecule has 8 nitrogen and oxygen atoms in total. The third-order valence-corrected chi connectivity index (χ3v) is 7.21. The quantitative estimate of drug-likeness (QED) is 0.297. The molecule has 3 aromatic rings. The molecule has 0 fully saturated rings. The Morgan fingerprint density at radius 1 is 1.21 bits per heavy atom. The first kappa shape index (κ1) is 22.3. The van der Waals surface area contributed by atoms with E-state index in [0.717, 1.165) is 11.4 Å². The number of hydrogen-bond acceptors (Lipinski definition) is 7. The molecule has 1 aromatic heterocycles. The minimum Gasteiger partial charge on any atom is -0.328 e. The summed E-state index contributed by atoms with van der Waals surface area (Å²) in [4.78, 5) is 29.1. The summed E-state index contributed by atoms with van der Waals surface area (Å²) in [6, 6.07) is 14.1. The number of nitro benzene ring substituents is 1. The van der Waals surface area contributed by atoms with Crippen LogP contribution in [0, 0.1) is 22.5 Å². The lowest BCUT2D eigenvalue weighted by Gasteiger charge is -2.38. The lowest BCUT2D eigenvalue weighted by atomic mass is 9.73. The molecule has 34 heavy (non-hydrogen) atoms. The van der Waals surface area contributed by atoms with Crippen molar-refractivity contribution in [2.24, 2.45) is 5.41 Å². The van der Waals surface area contributed by atoms with Gasteiger partial charge in [0.2, 0.25) is 11.1 Å². The van der Waals surface area contributed by atoms with Gasteiger partial charge in [0.25, 0.3) is 5.69 Å². The van der Waals surface area contributed by atoms with Gasteiger partial charge in [-0.15, -0.1) is 5.10 Å². The van der Waals surface area contributed by atoms with Crippen LogP contribution in [0.3, 0.4) is 0 Å². The maximum Gasteiger partial charge on any atom is 0.269 e. The molecule has 0 bridgehead atoms. The van der Waals surface area contributed by atoms with Crippen LogP contribution < -0.4 is 5.32 Å². The Morgan fingerprint density at radius 2 is 2.00 bits per heavy atom. The van der Waals surface area contributed by atoms with Crippen LogP contribution in [0.5, 0.6) is 0 Å². The number of non-ortho nitro benzene ring substituents is 1. The number of nitrogens with one attached hydrogen (secondary N) is 1. The van der Waals surface area contributed by atoms with Crippen LogP contribution in [-0.4, -0.2) is 25.5 Å². The minimum atomic E-state index is -0.560. The van der Waals surface area contributed by atoms with Crippen LogP contribution in [0.15, 0.2) is 65.0 Å². The lowest BCUT2D eigenvalue weighted by molar-refractivity contribution is -0.384. The third-order valence-electron chi connectivity index (χ3n) is 6.33. The SMILES string of the molecule is Cc1ccccc1CSc1nc2n(n1)[C@H](c1cccc([N+](=O)[O-])c1)C1=C(CC(C)(C)CC1=O)N2. The Labute approximate surface area is 201 Å². The highest BCUT2D eigenvalue weighted by atomic mass is 32.2. The van der Waals surface area contributed by atoms with E-state index in [-0.39, 0.29) is 16.9 Å². The molecule has 1 N–H and O–H groups in total. The highest BCUT2D eigenvalue weighted by molar-refractivity contribution is 7.98. The predicted molar refractivity (Wildman–Crippen MR) is 131 cm³/mol. The number of nitrogens with zero attached hydrogens (tertiary/aromatic N) is 4. The first-order chi connectivity index (χ1) is 16.2. The first-order valence-corrected chi connectivity index (χ1v) is 12.1. The molecule has 0 spiro atoms. The molecule has 9 heteroatoms. The number of thioether (sulfide) groups is 1. The van der Waals surface area contributed by atoms with Gasteiger partial charge in [-0.2, -0.15) is 4.98 Å². The summed E-state index contributed by atoms with van der Waals surface area (Å²) < 4.78 is 1.70. The number of ketones is 1. The van der Waals surface area contributed by atoms with Gasteiger partial charge in [-0.1, -0.05) is 62.0 Å². The van der Waals surface area contributed by atoms with E-state index >= 15 is 0 Å². The molecule has 2 heterocycles. The van der Waals surface area contributed by atoms with E-state index in [2.05, 4.69) is 38.2 Å². The number of fused-ring (bicyclic) bond motifs is 1. The second-order valence-electron chi connectivity index (χ2n) is 9.59. The monoisotopic (exact) mass is 475 g/mol. The number of rotatable bonds is 5. The van der Waals surface area contributed by atoms with Crippen LogP contribution in [0.4, 0.5) is 11.6 Å². The molecule has 0 saturated carbocycles. The minimum absolute atomic E-state index is 0.0161. The van der Waals surface area contributed by atoms with E-state index < -0.39 is 11.0 Å². The number of carbonyl (C=O) groups is 1. The second kappa shape index (κ2) is 8.39. The van der Waals surface area contributed by atoms with E-state index in [1.807, 2.05) is 18.2 Å². The van der Waals surface area contributed by atoms with Crippen molar-refractivity contribution < 1.29 is 9.72 Å². The van der Waals surface area contributed by atoms with Crippen molar-refractivity contribution in [3.8, 4) is 0 Å². The lowest BCUT2D eigenvalue weighted by Crippen LogP contribution is -2.36. The predicted octanol–water partition coefficient (Wildman–Crippen LogP) is 5.45. The molecule has 174 valence electrons. The zero-order valence-corrected chi connectivity index (χ0v) is 20.1. The maximum atomic E-state index is 13.3. The van der Waals surface area contributed by atoms with E-state index in [9.17, 15) is 14.9 Å². The first-order valence-electron chi connectivity index (χ1n) is 11.1. The number of hydrogen-bond donors (Lipinski definition) is 1. The van der Waals surface area contributed by atoms with Gasteiger partial charge in [-0.3, -0.25) is 14.9 Å². The van der Waals surface area contributed by atoms with Gasteiger partial charge >= 0.3 is 0 Å². The van der Waals surface area contributed by atoms with Crippen molar-refractivity contribution >= 4 is 29.2 Å². The number of allylic oxidation sites excluding steroid dienone is 2. The normalized spacial score (nSPS) is 18.8. The average Bonchev–Trinajstić information content (AvgIpc) is 3.18. The topological polar surface area (TPSA) is 103 Å². The molecule has 0 radical (unpaired) electrons. The number of benzene rings is 2. The van der Waals surface area contributed by atoms with Crippen molar-refractivity contribution in [1.82, 2.24) is 14.8 Å². The van der Waals surface area contributed by atoms with Crippen molar-refractivity contribution in [3.63, 3.8) is 0 Å². The average molecular weight is 476 g/mol. The van der Waals surface area contributed by atoms with Crippen LogP contribution >= 0.6 is 11.8 Å². The summed E-state index contributed by atoms with van der Waals surface area (Å²) in [6.07, 6.45) is 1.11. The fraction of sp³-hybridized carbons (Fsp3) is 0.320. The van der Waals surface area contributed by atoms with Crippen LogP contribution in [0.25, 0.3) is 0 Å². The number of aromatic nitrogens is 3. The number of carbonyl (C=O) groups excluding carboxylic acids is 1. The highest BCUT2D eigenvalue weighted by Crippen LogP contribution is 2.46. The molecular weight excluding hydrogens is 450 g/mol. The van der Waals surface area contributed by atoms with E-state index in [1.165, 1.54) is 35.0 Å². The second-order valence-corrected chi connectivity index (χ2v) is 10.5. The summed E-state index contributed by atoms with van der Waals surface area (Å²) in [5.41, 5.74) is 4.31. The summed E-state index contributed by atoms with van der Waals surface area (Å²) >= 11 is 1.53. The molecular formula is C25H25N5O3S. The van der Waals surface area contributed by atoms with Gasteiger partial charge in [-0.25, -0.2) is 4.68 Å². The van der Waals surface area contributed by atoms with Crippen LogP contribution in [-0.2, 0) is 10.5 Å². The maximum absolute atomic E-state index is 13.3. The molecule has 2 aromatic carbocycles. The zero-order valence-electron chi connectivity index (χ0n) is 19.2. The van der Waals surface area contributed by atoms with E-state index in [4.69, 9.17) is 10.1 Å². The number of aryl methyl sites for hydroxylation is 1. The summed E-state index contributed by atoms with van der Waals surface area (Å²) in [5, 5.41) is 20.1. The van der Waals surface area contributed by atoms with Crippen molar-refractivity contribution in [2.75, 3.05) is 5.32 Å². The van der Waals surface area contributed by atoms with Gasteiger partial charge in [-0.05, 0) is 35.4 Å². The van der Waals surface area contributed by atoms with Gasteiger partial charge < -0.3 is 5.32 Å². The Morgan fingerprint density at radius 3 is 2.76 bits per heavy atom. The Kier molecular flexibility index (Phi) is 5.51.